The van der Waals surface area contributed by atoms with Crippen molar-refractivity contribution in [3.05, 3.63) is 0 Å². The van der Waals surface area contributed by atoms with Crippen LogP contribution in [0.4, 0.5) is 4.79 Å². The molecule has 0 aliphatic rings. The molecule has 0 aromatic carbocycles. The van der Waals surface area contributed by atoms with Crippen molar-refractivity contribution < 1.29 is 52.2 Å². The van der Waals surface area contributed by atoms with Crippen LogP contribution in [0.2, 0.25) is 0 Å². The zero-order valence-electron chi connectivity index (χ0n) is 26.3. The molecule has 0 N–H and O–H groups in total. The largest absolute Gasteiger partial charge is 0.463 e. The topological polar surface area (TPSA) is 120 Å². The summed E-state index contributed by atoms with van der Waals surface area (Å²) in [6.07, 6.45) is 4.39. The molecular formula is C29H57NO11. The summed E-state index contributed by atoms with van der Waals surface area (Å²) in [6.45, 7) is 14.8. The second-order valence-corrected chi connectivity index (χ2v) is 10.2. The van der Waals surface area contributed by atoms with Crippen LogP contribution in [0.25, 0.3) is 0 Å². The Kier molecular flexibility index (Phi) is 27.5. The molecule has 1 amide bonds. The molecule has 0 heterocycles. The lowest BCUT2D eigenvalue weighted by atomic mass is 10.2. The van der Waals surface area contributed by atoms with Gasteiger partial charge in [-0.1, -0.05) is 26.2 Å². The second-order valence-electron chi connectivity index (χ2n) is 10.2. The molecule has 244 valence electrons. The van der Waals surface area contributed by atoms with Crippen LogP contribution < -0.4 is 0 Å². The van der Waals surface area contributed by atoms with E-state index in [1.165, 1.54) is 4.90 Å². The summed E-state index contributed by atoms with van der Waals surface area (Å²) < 4.78 is 48.5. The molecule has 0 rings (SSSR count). The van der Waals surface area contributed by atoms with Crippen LogP contribution in [-0.2, 0) is 47.4 Å². The lowest BCUT2D eigenvalue weighted by Crippen LogP contribution is -2.36. The van der Waals surface area contributed by atoms with Crippen LogP contribution in [-0.4, -0.2) is 135 Å². The van der Waals surface area contributed by atoms with Crippen LogP contribution in [0.1, 0.15) is 59.8 Å². The zero-order valence-corrected chi connectivity index (χ0v) is 26.3. The Balaban J connectivity index is 3.21. The predicted octanol–water partition coefficient (Wildman–Crippen LogP) is 3.48. The fourth-order valence-electron chi connectivity index (χ4n) is 3.04. The lowest BCUT2D eigenvalue weighted by molar-refractivity contribution is -0.145. The fourth-order valence-corrected chi connectivity index (χ4v) is 3.04. The number of nitrogens with zero attached hydrogens (tertiary/aromatic N) is 1. The highest BCUT2D eigenvalue weighted by molar-refractivity contribution is 5.69. The highest BCUT2D eigenvalue weighted by Gasteiger charge is 2.19. The highest BCUT2D eigenvalue weighted by Crippen LogP contribution is 2.08. The van der Waals surface area contributed by atoms with E-state index in [9.17, 15) is 9.59 Å². The summed E-state index contributed by atoms with van der Waals surface area (Å²) in [5.41, 5.74) is -0.509. The first-order valence-corrected chi connectivity index (χ1v) is 14.9. The number of carbonyl (C=O) groups is 2. The van der Waals surface area contributed by atoms with Crippen molar-refractivity contribution in [2.24, 2.45) is 0 Å². The van der Waals surface area contributed by atoms with Crippen molar-refractivity contribution in [2.45, 2.75) is 65.4 Å². The van der Waals surface area contributed by atoms with Crippen LogP contribution in [0, 0.1) is 0 Å². The van der Waals surface area contributed by atoms with Crippen molar-refractivity contribution in [1.29, 1.82) is 0 Å². The Hall–Kier alpha value is -1.54. The minimum Gasteiger partial charge on any atom is -0.463 e. The smallest absolute Gasteiger partial charge is 0.410 e. The van der Waals surface area contributed by atoms with Crippen molar-refractivity contribution >= 4 is 12.1 Å². The summed E-state index contributed by atoms with van der Waals surface area (Å²) in [6, 6.07) is 0. The molecule has 0 saturated heterocycles. The number of carbonyl (C=O) groups excluding carboxylic acids is 2. The molecule has 0 aromatic heterocycles. The molecule has 0 spiro atoms. The van der Waals surface area contributed by atoms with Gasteiger partial charge in [-0.3, -0.25) is 4.79 Å². The van der Waals surface area contributed by atoms with Gasteiger partial charge in [0, 0.05) is 20.0 Å². The zero-order chi connectivity index (χ0) is 30.4. The van der Waals surface area contributed by atoms with Gasteiger partial charge in [0.1, 0.15) is 12.2 Å². The minimum absolute atomic E-state index is 0.155. The van der Waals surface area contributed by atoms with Crippen LogP contribution in [0.5, 0.6) is 0 Å². The van der Waals surface area contributed by atoms with Gasteiger partial charge in [-0.25, -0.2) is 4.79 Å². The van der Waals surface area contributed by atoms with E-state index in [2.05, 4.69) is 6.92 Å². The number of rotatable bonds is 29. The molecule has 0 unspecified atom stereocenters. The molecule has 0 radical (unpaired) electrons. The first-order chi connectivity index (χ1) is 19.8. The molecule has 0 saturated carbocycles. The molecule has 0 bridgehead atoms. The third kappa shape index (κ3) is 31.2. The summed E-state index contributed by atoms with van der Waals surface area (Å²) in [7, 11) is 1.68. The molecule has 12 nitrogen and oxygen atoms in total. The molecule has 0 atom stereocenters. The summed E-state index contributed by atoms with van der Waals surface area (Å²) in [5.74, 6) is -0.155. The molecule has 41 heavy (non-hydrogen) atoms. The Morgan fingerprint density at radius 2 is 0.951 bits per heavy atom. The van der Waals surface area contributed by atoms with Gasteiger partial charge in [-0.15, -0.1) is 0 Å². The Morgan fingerprint density at radius 1 is 0.561 bits per heavy atom. The van der Waals surface area contributed by atoms with E-state index in [-0.39, 0.29) is 18.7 Å². The Morgan fingerprint density at radius 3 is 1.34 bits per heavy atom. The Labute approximate surface area is 247 Å². The second kappa shape index (κ2) is 28.6. The quantitative estimate of drug-likeness (QED) is 0.0933. The number of ether oxygens (including phenoxy) is 9. The van der Waals surface area contributed by atoms with E-state index in [1.54, 1.807) is 7.05 Å². The van der Waals surface area contributed by atoms with Crippen molar-refractivity contribution in [2.75, 3.05) is 113 Å². The van der Waals surface area contributed by atoms with E-state index in [0.29, 0.717) is 105 Å². The summed E-state index contributed by atoms with van der Waals surface area (Å²) >= 11 is 0. The number of unbranched alkanes of at least 4 members (excludes halogenated alkanes) is 3. The molecule has 0 aliphatic carbocycles. The van der Waals surface area contributed by atoms with Crippen molar-refractivity contribution in [3.63, 3.8) is 0 Å². The summed E-state index contributed by atoms with van der Waals surface area (Å²) in [4.78, 5) is 24.8. The maximum atomic E-state index is 11.8. The van der Waals surface area contributed by atoms with E-state index < -0.39 is 5.60 Å². The monoisotopic (exact) mass is 595 g/mol. The maximum Gasteiger partial charge on any atom is 0.410 e. The third-order valence-electron chi connectivity index (χ3n) is 5.23. The van der Waals surface area contributed by atoms with Crippen LogP contribution in [0.3, 0.4) is 0 Å². The van der Waals surface area contributed by atoms with E-state index in [1.807, 2.05) is 20.8 Å². The van der Waals surface area contributed by atoms with E-state index in [4.69, 9.17) is 42.6 Å². The molecule has 0 aromatic rings. The van der Waals surface area contributed by atoms with Crippen LogP contribution in [0.15, 0.2) is 0 Å². The molecule has 0 fully saturated rings. The van der Waals surface area contributed by atoms with Gasteiger partial charge in [0.25, 0.3) is 0 Å². The first kappa shape index (κ1) is 39.5. The van der Waals surface area contributed by atoms with Gasteiger partial charge in [0.2, 0.25) is 0 Å². The third-order valence-corrected chi connectivity index (χ3v) is 5.23. The molecule has 12 heteroatoms. The van der Waals surface area contributed by atoms with Crippen molar-refractivity contribution in [1.82, 2.24) is 4.90 Å². The van der Waals surface area contributed by atoms with Gasteiger partial charge >= 0.3 is 12.1 Å². The van der Waals surface area contributed by atoms with E-state index in [0.717, 1.165) is 25.7 Å². The van der Waals surface area contributed by atoms with Gasteiger partial charge < -0.3 is 47.5 Å². The SMILES string of the molecule is CCCCCCC(=O)OCCOCCOCCOCCOCCOCCOCCOCCN(C)C(=O)OC(C)(C)C. The molecule has 0 aliphatic heterocycles. The van der Waals surface area contributed by atoms with Gasteiger partial charge in [0.05, 0.1) is 92.5 Å². The van der Waals surface area contributed by atoms with E-state index >= 15 is 0 Å². The first-order valence-electron chi connectivity index (χ1n) is 14.9. The number of esters is 1. The number of hydrogen-bond donors (Lipinski definition) is 0. The minimum atomic E-state index is -0.509. The van der Waals surface area contributed by atoms with Crippen LogP contribution >= 0.6 is 0 Å². The number of likely N-dealkylation sites (N-methyl/N-ethyl adjacent to an activating group) is 1. The number of hydrogen-bond acceptors (Lipinski definition) is 11. The van der Waals surface area contributed by atoms with Gasteiger partial charge in [-0.2, -0.15) is 0 Å². The maximum absolute atomic E-state index is 11.8. The lowest BCUT2D eigenvalue weighted by Gasteiger charge is -2.24. The predicted molar refractivity (Wildman–Crippen MR) is 154 cm³/mol. The fraction of sp³-hybridized carbons (Fsp3) is 0.931. The highest BCUT2D eigenvalue weighted by atomic mass is 16.6. The number of amides is 1. The average Bonchev–Trinajstić information content (AvgIpc) is 2.92. The average molecular weight is 596 g/mol. The standard InChI is InChI=1S/C29H57NO11/c1-6-7-8-9-10-27(31)40-26-25-39-24-23-38-22-21-37-20-19-36-18-17-35-16-15-34-14-13-33-12-11-30(5)28(32)41-29(2,3)4/h6-26H2,1-5H3. The van der Waals surface area contributed by atoms with Gasteiger partial charge in [0.15, 0.2) is 0 Å². The molecular weight excluding hydrogens is 538 g/mol. The van der Waals surface area contributed by atoms with Gasteiger partial charge in [-0.05, 0) is 27.2 Å². The Bertz CT molecular complexity index is 602. The van der Waals surface area contributed by atoms with Crippen molar-refractivity contribution in [3.8, 4) is 0 Å². The summed E-state index contributed by atoms with van der Waals surface area (Å²) in [5, 5.41) is 0. The normalized spacial score (nSPS) is 11.5.